The van der Waals surface area contributed by atoms with E-state index in [1.807, 2.05) is 0 Å². The molecule has 0 unspecified atom stereocenters. The van der Waals surface area contributed by atoms with Crippen molar-refractivity contribution in [1.29, 1.82) is 0 Å². The summed E-state index contributed by atoms with van der Waals surface area (Å²) >= 11 is 3.47. The predicted molar refractivity (Wildman–Crippen MR) is 60.8 cm³/mol. The molecule has 2 aliphatic carbocycles. The molecule has 0 heterocycles. The van der Waals surface area contributed by atoms with Crippen LogP contribution in [-0.4, -0.2) is 10.5 Å². The van der Waals surface area contributed by atoms with Crippen LogP contribution in [0.25, 0.3) is 0 Å². The van der Waals surface area contributed by atoms with Gasteiger partial charge in [0.25, 0.3) is 0 Å². The van der Waals surface area contributed by atoms with Gasteiger partial charge in [0.05, 0.1) is 0 Å². The summed E-state index contributed by atoms with van der Waals surface area (Å²) in [6, 6.07) is 0. The van der Waals surface area contributed by atoms with Crippen LogP contribution in [0.5, 0.6) is 0 Å². The standard InChI is InChI=1S/C10H18OS2/c1-2-6-9(5-1)12-11-13-10-7-3-4-8-10/h9-10H,1-8H2. The van der Waals surface area contributed by atoms with Crippen molar-refractivity contribution >= 4 is 24.1 Å². The molecule has 2 fully saturated rings. The molecule has 0 atom stereocenters. The summed E-state index contributed by atoms with van der Waals surface area (Å²) in [6.45, 7) is 0. The Balaban J connectivity index is 1.52. The smallest absolute Gasteiger partial charge is 0.0324 e. The van der Waals surface area contributed by atoms with Crippen LogP contribution in [0.1, 0.15) is 51.4 Å². The first-order valence-corrected chi connectivity index (χ1v) is 7.05. The van der Waals surface area contributed by atoms with E-state index in [9.17, 15) is 0 Å². The van der Waals surface area contributed by atoms with Gasteiger partial charge in [0.15, 0.2) is 0 Å². The molecule has 0 saturated heterocycles. The Morgan fingerprint density at radius 1 is 0.692 bits per heavy atom. The summed E-state index contributed by atoms with van der Waals surface area (Å²) in [5, 5.41) is 1.60. The molecule has 0 amide bonds. The lowest BCUT2D eigenvalue weighted by Gasteiger charge is -2.10. The van der Waals surface area contributed by atoms with E-state index in [1.54, 1.807) is 24.1 Å². The molecule has 0 aromatic heterocycles. The van der Waals surface area contributed by atoms with Gasteiger partial charge in [-0.25, -0.2) is 3.63 Å². The molecule has 1 nitrogen and oxygen atoms in total. The van der Waals surface area contributed by atoms with Gasteiger partial charge in [-0.15, -0.1) is 0 Å². The monoisotopic (exact) mass is 218 g/mol. The topological polar surface area (TPSA) is 9.23 Å². The maximum absolute atomic E-state index is 5.63. The average molecular weight is 218 g/mol. The van der Waals surface area contributed by atoms with Crippen molar-refractivity contribution in [3.8, 4) is 0 Å². The third-order valence-corrected chi connectivity index (χ3v) is 5.07. The van der Waals surface area contributed by atoms with E-state index in [2.05, 4.69) is 0 Å². The molecule has 2 saturated carbocycles. The Morgan fingerprint density at radius 2 is 1.08 bits per heavy atom. The maximum atomic E-state index is 5.63. The van der Waals surface area contributed by atoms with Gasteiger partial charge in [0.1, 0.15) is 0 Å². The molecule has 0 aliphatic heterocycles. The van der Waals surface area contributed by atoms with Crippen molar-refractivity contribution in [3.63, 3.8) is 0 Å². The molecule has 3 heteroatoms. The highest BCUT2D eigenvalue weighted by atomic mass is 32.2. The lowest BCUT2D eigenvalue weighted by atomic mass is 10.4. The van der Waals surface area contributed by atoms with Gasteiger partial charge in [0.2, 0.25) is 0 Å². The summed E-state index contributed by atoms with van der Waals surface area (Å²) in [7, 11) is 0. The molecular formula is C10H18OS2. The molecule has 0 bridgehead atoms. The van der Waals surface area contributed by atoms with Gasteiger partial charge in [0, 0.05) is 34.6 Å². The third kappa shape index (κ3) is 3.37. The summed E-state index contributed by atoms with van der Waals surface area (Å²) < 4.78 is 5.63. The largest absolute Gasteiger partial charge is 0.247 e. The Morgan fingerprint density at radius 3 is 1.46 bits per heavy atom. The summed E-state index contributed by atoms with van der Waals surface area (Å²) in [5.41, 5.74) is 0. The maximum Gasteiger partial charge on any atom is 0.0324 e. The van der Waals surface area contributed by atoms with Gasteiger partial charge in [-0.2, -0.15) is 0 Å². The van der Waals surface area contributed by atoms with Gasteiger partial charge in [-0.1, -0.05) is 25.7 Å². The van der Waals surface area contributed by atoms with E-state index >= 15 is 0 Å². The highest BCUT2D eigenvalue weighted by Gasteiger charge is 2.19. The lowest BCUT2D eigenvalue weighted by molar-refractivity contribution is 0.708. The van der Waals surface area contributed by atoms with Crippen LogP contribution >= 0.6 is 24.1 Å². The van der Waals surface area contributed by atoms with Crippen molar-refractivity contribution in [3.05, 3.63) is 0 Å². The first kappa shape index (κ1) is 10.2. The van der Waals surface area contributed by atoms with Crippen LogP contribution in [-0.2, 0) is 3.63 Å². The predicted octanol–water partition coefficient (Wildman–Crippen LogP) is 4.18. The van der Waals surface area contributed by atoms with Crippen LogP contribution in [0.15, 0.2) is 0 Å². The van der Waals surface area contributed by atoms with Crippen molar-refractivity contribution in [1.82, 2.24) is 0 Å². The van der Waals surface area contributed by atoms with Crippen LogP contribution in [0, 0.1) is 0 Å². The lowest BCUT2D eigenvalue weighted by Crippen LogP contribution is -1.96. The Labute approximate surface area is 89.8 Å². The van der Waals surface area contributed by atoms with Crippen molar-refractivity contribution in [2.24, 2.45) is 0 Å². The minimum atomic E-state index is 0.800. The molecule has 0 spiro atoms. The van der Waals surface area contributed by atoms with E-state index < -0.39 is 0 Å². The molecule has 0 radical (unpaired) electrons. The Kier molecular flexibility index (Phi) is 4.32. The van der Waals surface area contributed by atoms with Crippen molar-refractivity contribution < 1.29 is 3.63 Å². The number of hydrogen-bond acceptors (Lipinski definition) is 3. The third-order valence-electron chi connectivity index (χ3n) is 2.96. The van der Waals surface area contributed by atoms with Gasteiger partial charge in [-0.3, -0.25) is 0 Å². The minimum absolute atomic E-state index is 0.800. The highest BCUT2D eigenvalue weighted by Crippen LogP contribution is 2.37. The fourth-order valence-electron chi connectivity index (χ4n) is 2.10. The molecule has 0 N–H and O–H groups in total. The quantitative estimate of drug-likeness (QED) is 0.655. The van der Waals surface area contributed by atoms with E-state index in [1.165, 1.54) is 51.4 Å². The number of hydrogen-bond donors (Lipinski definition) is 0. The molecular weight excluding hydrogens is 200 g/mol. The summed E-state index contributed by atoms with van der Waals surface area (Å²) in [6.07, 6.45) is 11.1. The van der Waals surface area contributed by atoms with E-state index in [4.69, 9.17) is 3.63 Å². The fraction of sp³-hybridized carbons (Fsp3) is 1.00. The summed E-state index contributed by atoms with van der Waals surface area (Å²) in [5.74, 6) is 0. The Bertz CT molecular complexity index is 124. The van der Waals surface area contributed by atoms with Crippen molar-refractivity contribution in [2.75, 3.05) is 0 Å². The van der Waals surface area contributed by atoms with Crippen LogP contribution in [0.2, 0.25) is 0 Å². The molecule has 0 aromatic carbocycles. The fourth-order valence-corrected chi connectivity index (χ4v) is 4.22. The Hall–Kier alpha value is 0.660. The van der Waals surface area contributed by atoms with E-state index in [0.29, 0.717) is 0 Å². The highest BCUT2D eigenvalue weighted by molar-refractivity contribution is 8.08. The molecule has 2 aliphatic rings. The number of rotatable bonds is 4. The first-order valence-electron chi connectivity index (χ1n) is 5.44. The zero-order valence-electron chi connectivity index (χ0n) is 8.04. The van der Waals surface area contributed by atoms with E-state index in [0.717, 1.165) is 10.5 Å². The van der Waals surface area contributed by atoms with E-state index in [-0.39, 0.29) is 0 Å². The zero-order valence-corrected chi connectivity index (χ0v) is 9.67. The zero-order chi connectivity index (χ0) is 8.93. The second kappa shape index (κ2) is 5.52. The van der Waals surface area contributed by atoms with Crippen molar-refractivity contribution in [2.45, 2.75) is 61.9 Å². The minimum Gasteiger partial charge on any atom is -0.247 e. The van der Waals surface area contributed by atoms with Gasteiger partial charge >= 0.3 is 0 Å². The van der Waals surface area contributed by atoms with Crippen LogP contribution in [0.4, 0.5) is 0 Å². The van der Waals surface area contributed by atoms with Crippen LogP contribution in [0.3, 0.4) is 0 Å². The first-order chi connectivity index (χ1) is 6.45. The van der Waals surface area contributed by atoms with Gasteiger partial charge in [-0.05, 0) is 25.7 Å². The second-order valence-corrected chi connectivity index (χ2v) is 6.34. The van der Waals surface area contributed by atoms with Gasteiger partial charge < -0.3 is 0 Å². The SMILES string of the molecule is C1CCC(SOSC2CCCC2)C1. The average Bonchev–Trinajstić information content (AvgIpc) is 2.75. The molecule has 0 aromatic rings. The second-order valence-electron chi connectivity index (χ2n) is 4.07. The molecule has 13 heavy (non-hydrogen) atoms. The molecule has 76 valence electrons. The summed E-state index contributed by atoms with van der Waals surface area (Å²) in [4.78, 5) is 0. The van der Waals surface area contributed by atoms with Crippen LogP contribution < -0.4 is 0 Å². The normalized spacial score (nSPS) is 25.8. The molecule has 2 rings (SSSR count).